The maximum Gasteiger partial charge on any atom is 0.0461 e. The molecule has 37 heavy (non-hydrogen) atoms. The molecule has 0 aliphatic carbocycles. The van der Waals surface area contributed by atoms with Crippen molar-refractivity contribution in [1.82, 2.24) is 0 Å². The lowest BCUT2D eigenvalue weighted by molar-refractivity contribution is 0.182. The van der Waals surface area contributed by atoms with Crippen molar-refractivity contribution in [3.63, 3.8) is 0 Å². The first-order chi connectivity index (χ1) is 16.6. The van der Waals surface area contributed by atoms with Gasteiger partial charge >= 0.3 is 0 Å². The summed E-state index contributed by atoms with van der Waals surface area (Å²) < 4.78 is 0. The third-order valence-electron chi connectivity index (χ3n) is 7.16. The van der Waals surface area contributed by atoms with Gasteiger partial charge in [0.2, 0.25) is 0 Å². The van der Waals surface area contributed by atoms with E-state index >= 15 is 0 Å². The molecule has 1 rings (SSSR count). The average molecular weight is 504 g/mol. The molecule has 0 N–H and O–H groups in total. The van der Waals surface area contributed by atoms with E-state index in [0.29, 0.717) is 0 Å². The fourth-order valence-electron chi connectivity index (χ4n) is 3.11. The molecule has 0 unspecified atom stereocenters. The normalized spacial score (nSPS) is 12.8. The van der Waals surface area contributed by atoms with Gasteiger partial charge in [0.05, 0.1) is 0 Å². The first-order valence-corrected chi connectivity index (χ1v) is 13.6. The number of nitrogens with zero attached hydrogens (tertiary/aromatic N) is 1. The van der Waals surface area contributed by atoms with Crippen molar-refractivity contribution in [2.24, 2.45) is 16.2 Å². The fraction of sp³-hybridized carbons (Fsp3) is 0.500. The summed E-state index contributed by atoms with van der Waals surface area (Å²) in [5.74, 6) is 0. The maximum atomic E-state index is 4.40. The zero-order valence-electron chi connectivity index (χ0n) is 26.6. The Hall–Kier alpha value is -2.54. The second kappa shape index (κ2) is 13.3. The van der Waals surface area contributed by atoms with Crippen molar-refractivity contribution in [2.45, 2.75) is 102 Å². The van der Waals surface area contributed by atoms with Crippen LogP contribution in [0.4, 0.5) is 5.69 Å². The molecule has 1 aromatic carbocycles. The molecule has 0 bridgehead atoms. The summed E-state index contributed by atoms with van der Waals surface area (Å²) in [7, 11) is 0. The van der Waals surface area contributed by atoms with Gasteiger partial charge in [-0.1, -0.05) is 147 Å². The summed E-state index contributed by atoms with van der Waals surface area (Å²) in [6, 6.07) is 8.66. The molecule has 1 nitrogen and oxygen atoms in total. The van der Waals surface area contributed by atoms with E-state index in [2.05, 4.69) is 158 Å². The van der Waals surface area contributed by atoms with Crippen LogP contribution >= 0.6 is 0 Å². The van der Waals surface area contributed by atoms with E-state index in [9.17, 15) is 0 Å². The molecule has 0 aliphatic heterocycles. The Morgan fingerprint density at radius 3 is 1.35 bits per heavy atom. The quantitative estimate of drug-likeness (QED) is 0.319. The van der Waals surface area contributed by atoms with Gasteiger partial charge in [0.1, 0.15) is 0 Å². The molecule has 0 heterocycles. The highest BCUT2D eigenvalue weighted by Gasteiger charge is 2.34. The first kappa shape index (κ1) is 34.5. The largest absolute Gasteiger partial charge is 0.312 e. The van der Waals surface area contributed by atoms with E-state index < -0.39 is 0 Å². The molecule has 0 aromatic heterocycles. The second-order valence-corrected chi connectivity index (χ2v) is 13.7. The molecule has 0 saturated heterocycles. The lowest BCUT2D eigenvalue weighted by Gasteiger charge is -2.40. The van der Waals surface area contributed by atoms with Crippen LogP contribution in [0.25, 0.3) is 0 Å². The minimum absolute atomic E-state index is 0.00313. The van der Waals surface area contributed by atoms with Crippen molar-refractivity contribution in [2.75, 3.05) is 4.90 Å². The molecule has 1 aromatic rings. The van der Waals surface area contributed by atoms with E-state index in [1.54, 1.807) is 0 Å². The number of anilines is 1. The molecule has 0 aliphatic rings. The van der Waals surface area contributed by atoms with Crippen molar-refractivity contribution >= 4 is 5.69 Å². The summed E-state index contributed by atoms with van der Waals surface area (Å²) in [6.07, 6.45) is 9.47. The van der Waals surface area contributed by atoms with Crippen molar-refractivity contribution < 1.29 is 0 Å². The average Bonchev–Trinajstić information content (AvgIpc) is 2.74. The van der Waals surface area contributed by atoms with E-state index in [1.807, 2.05) is 12.2 Å². The third-order valence-corrected chi connectivity index (χ3v) is 7.16. The second-order valence-electron chi connectivity index (χ2n) is 13.7. The van der Waals surface area contributed by atoms with Crippen LogP contribution in [0.3, 0.4) is 0 Å². The Morgan fingerprint density at radius 1 is 0.649 bits per heavy atom. The zero-order valence-corrected chi connectivity index (χ0v) is 26.6. The van der Waals surface area contributed by atoms with Crippen molar-refractivity contribution in [3.05, 3.63) is 103 Å². The summed E-state index contributed by atoms with van der Waals surface area (Å²) in [4.78, 5) is 2.09. The van der Waals surface area contributed by atoms with Crippen LogP contribution < -0.4 is 4.90 Å². The zero-order chi connectivity index (χ0) is 29.4. The number of hydrogen-bond donors (Lipinski definition) is 0. The highest BCUT2D eigenvalue weighted by Crippen LogP contribution is 2.44. The van der Waals surface area contributed by atoms with Gasteiger partial charge in [0.25, 0.3) is 0 Å². The summed E-state index contributed by atoms with van der Waals surface area (Å²) in [5.41, 5.74) is 6.27. The molecule has 206 valence electrons. The van der Waals surface area contributed by atoms with Crippen LogP contribution in [0.2, 0.25) is 0 Å². The van der Waals surface area contributed by atoms with E-state index in [1.165, 1.54) is 12.0 Å². The van der Waals surface area contributed by atoms with Gasteiger partial charge in [-0.15, -0.1) is 0 Å². The van der Waals surface area contributed by atoms with Crippen molar-refractivity contribution in [1.29, 1.82) is 0 Å². The van der Waals surface area contributed by atoms with Gasteiger partial charge in [0.15, 0.2) is 0 Å². The van der Waals surface area contributed by atoms with E-state index in [4.69, 9.17) is 0 Å². The molecule has 0 saturated carbocycles. The Morgan fingerprint density at radius 2 is 1.03 bits per heavy atom. The summed E-state index contributed by atoms with van der Waals surface area (Å²) in [5, 5.41) is 0. The van der Waals surface area contributed by atoms with E-state index in [-0.39, 0.29) is 21.7 Å². The molecular formula is C36H57N. The molecule has 1 heteroatoms. The lowest BCUT2D eigenvalue weighted by atomic mass is 9.65. The van der Waals surface area contributed by atoms with Crippen LogP contribution in [0.5, 0.6) is 0 Å². The van der Waals surface area contributed by atoms with Gasteiger partial charge in [-0.05, 0) is 62.7 Å². The molecule has 0 atom stereocenters. The summed E-state index contributed by atoms with van der Waals surface area (Å²) in [6.45, 7) is 46.0. The molecular weight excluding hydrogens is 446 g/mol. The first-order valence-electron chi connectivity index (χ1n) is 13.6. The topological polar surface area (TPSA) is 3.24 Å². The number of hydrogen-bond acceptors (Lipinski definition) is 1. The smallest absolute Gasteiger partial charge is 0.0461 e. The van der Waals surface area contributed by atoms with Gasteiger partial charge in [-0.3, -0.25) is 0 Å². The van der Waals surface area contributed by atoms with Gasteiger partial charge in [-0.25, -0.2) is 0 Å². The third kappa shape index (κ3) is 10.4. The number of allylic oxidation sites excluding steroid dienone is 6. The van der Waals surface area contributed by atoms with Crippen molar-refractivity contribution in [3.8, 4) is 0 Å². The minimum Gasteiger partial charge on any atom is -0.312 e. The lowest BCUT2D eigenvalue weighted by Crippen LogP contribution is -2.30. The Labute approximate surface area is 231 Å². The van der Waals surface area contributed by atoms with Crippen LogP contribution in [0, 0.1) is 16.2 Å². The summed E-state index contributed by atoms with van der Waals surface area (Å²) >= 11 is 0. The van der Waals surface area contributed by atoms with Crippen LogP contribution in [0.15, 0.2) is 97.4 Å². The molecule has 0 radical (unpaired) electrons. The van der Waals surface area contributed by atoms with Crippen LogP contribution in [-0.2, 0) is 5.41 Å². The molecule has 0 spiro atoms. The molecule has 0 amide bonds. The predicted octanol–water partition coefficient (Wildman–Crippen LogP) is 11.6. The SMILES string of the molecule is C=C(/C=C\C(=C)C(C)(C)C)N(C(=C)/C=C\C(=C)C(C)(C)C(C)(C)C)c1ccc(C(C)(C)C)cc1.CCC. The standard InChI is InChI=1S/C33H49N.C3H8/c1-24(30(5,6)7)16-18-26(3)34(29-22-20-28(21-23-29)31(8,9)10)27(4)19-17-25(2)33(14,15)32(11,12)13;1-3-2/h16-23H,1-4H2,5-15H3;3H2,1-2H3/b18-16-,19-17-;. The van der Waals surface area contributed by atoms with Gasteiger partial charge in [-0.2, -0.15) is 0 Å². The van der Waals surface area contributed by atoms with Gasteiger partial charge < -0.3 is 4.90 Å². The minimum atomic E-state index is -0.0513. The maximum absolute atomic E-state index is 4.40. The monoisotopic (exact) mass is 503 g/mol. The number of benzene rings is 1. The van der Waals surface area contributed by atoms with Crippen LogP contribution in [-0.4, -0.2) is 0 Å². The van der Waals surface area contributed by atoms with Gasteiger partial charge in [0, 0.05) is 17.1 Å². The predicted molar refractivity (Wildman–Crippen MR) is 171 cm³/mol. The Balaban J connectivity index is 0.00000410. The molecule has 0 fully saturated rings. The number of rotatable bonds is 8. The van der Waals surface area contributed by atoms with Crippen LogP contribution in [0.1, 0.15) is 102 Å². The highest BCUT2D eigenvalue weighted by atomic mass is 15.1. The van der Waals surface area contributed by atoms with E-state index in [0.717, 1.165) is 28.2 Å². The Kier molecular flexibility index (Phi) is 12.4. The Bertz CT molecular complexity index is 987. The fourth-order valence-corrected chi connectivity index (χ4v) is 3.11. The highest BCUT2D eigenvalue weighted by molar-refractivity contribution is 5.62.